The highest BCUT2D eigenvalue weighted by Gasteiger charge is 2.24. The van der Waals surface area contributed by atoms with Crippen molar-refractivity contribution in [2.75, 3.05) is 31.5 Å². The van der Waals surface area contributed by atoms with Crippen molar-refractivity contribution >= 4 is 22.6 Å². The van der Waals surface area contributed by atoms with Gasteiger partial charge in [0.05, 0.1) is 12.1 Å². The van der Waals surface area contributed by atoms with Crippen LogP contribution in [0.1, 0.15) is 59.2 Å². The van der Waals surface area contributed by atoms with Gasteiger partial charge in [0.1, 0.15) is 17.7 Å². The Morgan fingerprint density at radius 3 is 2.47 bits per heavy atom. The summed E-state index contributed by atoms with van der Waals surface area (Å²) >= 11 is 0. The fraction of sp³-hybridized carbons (Fsp3) is 0.640. The first kappa shape index (κ1) is 24.4. The van der Waals surface area contributed by atoms with Crippen LogP contribution in [0.3, 0.4) is 0 Å². The van der Waals surface area contributed by atoms with Crippen molar-refractivity contribution in [3.05, 3.63) is 30.1 Å². The van der Waals surface area contributed by atoms with Crippen molar-refractivity contribution in [1.82, 2.24) is 19.8 Å². The van der Waals surface area contributed by atoms with Gasteiger partial charge in [-0.05, 0) is 30.9 Å². The Kier molecular flexibility index (Phi) is 8.82. The standard InChI is InChI=1S/C25H40N6O/c1-5-7-10-19(6-2)31-15-13-30(14-16-31)17-22-27-21-12-9-8-11-20(21)25(28-22)29-23(18(3)4)24(26)32/h8-9,11-12,18-19,23H,5-7,10,13-17H2,1-4H3,(H2,26,32)(H,27,28,29)/t19?,23-/m0/s1. The SMILES string of the molecule is CCCCC(CC)N1CCN(Cc2nc(N[C@H](C(N)=O)C(C)C)c3ccccc3n2)CC1. The third-order valence-electron chi connectivity index (χ3n) is 6.57. The first-order valence-electron chi connectivity index (χ1n) is 12.2. The number of hydrogen-bond donors (Lipinski definition) is 2. The number of carbonyl (C=O) groups excluding carboxylic acids is 1. The molecule has 0 saturated carbocycles. The molecule has 0 aliphatic carbocycles. The molecule has 2 aromatic rings. The van der Waals surface area contributed by atoms with Gasteiger partial charge in [0.2, 0.25) is 5.91 Å². The predicted octanol–water partition coefficient (Wildman–Crippen LogP) is 3.64. The third-order valence-corrected chi connectivity index (χ3v) is 6.57. The number of nitrogens with two attached hydrogens (primary N) is 1. The maximum atomic E-state index is 12.0. The molecule has 1 amide bonds. The number of benzene rings is 1. The first-order valence-corrected chi connectivity index (χ1v) is 12.2. The molecule has 7 heteroatoms. The highest BCUT2D eigenvalue weighted by atomic mass is 16.1. The Labute approximate surface area is 192 Å². The van der Waals surface area contributed by atoms with Crippen LogP contribution in [0, 0.1) is 5.92 Å². The summed E-state index contributed by atoms with van der Waals surface area (Å²) in [5.41, 5.74) is 6.52. The number of aromatic nitrogens is 2. The maximum absolute atomic E-state index is 12.0. The first-order chi connectivity index (χ1) is 15.4. The molecular weight excluding hydrogens is 400 g/mol. The minimum atomic E-state index is -0.473. The number of piperazine rings is 1. The van der Waals surface area contributed by atoms with E-state index in [4.69, 9.17) is 15.7 Å². The number of unbranched alkanes of at least 4 members (excludes halogenated alkanes) is 1. The number of hydrogen-bond acceptors (Lipinski definition) is 6. The molecule has 1 aliphatic rings. The fourth-order valence-corrected chi connectivity index (χ4v) is 4.59. The minimum absolute atomic E-state index is 0.0666. The van der Waals surface area contributed by atoms with Crippen LogP contribution in [0.2, 0.25) is 0 Å². The van der Waals surface area contributed by atoms with E-state index < -0.39 is 6.04 Å². The average Bonchev–Trinajstić information content (AvgIpc) is 2.78. The zero-order valence-electron chi connectivity index (χ0n) is 20.2. The lowest BCUT2D eigenvalue weighted by Gasteiger charge is -2.39. The number of amides is 1. The number of primary amides is 1. The van der Waals surface area contributed by atoms with E-state index in [1.165, 1.54) is 25.7 Å². The summed E-state index contributed by atoms with van der Waals surface area (Å²) < 4.78 is 0. The molecule has 0 bridgehead atoms. The smallest absolute Gasteiger partial charge is 0.240 e. The van der Waals surface area contributed by atoms with E-state index in [-0.39, 0.29) is 11.8 Å². The lowest BCUT2D eigenvalue weighted by Crippen LogP contribution is -2.50. The van der Waals surface area contributed by atoms with Crippen LogP contribution >= 0.6 is 0 Å². The number of para-hydroxylation sites is 1. The van der Waals surface area contributed by atoms with Gasteiger partial charge in [0, 0.05) is 37.6 Å². The van der Waals surface area contributed by atoms with E-state index in [1.807, 2.05) is 38.1 Å². The molecule has 7 nitrogen and oxygen atoms in total. The minimum Gasteiger partial charge on any atom is -0.368 e. The Balaban J connectivity index is 1.72. The highest BCUT2D eigenvalue weighted by molar-refractivity contribution is 5.91. The summed E-state index contributed by atoms with van der Waals surface area (Å²) in [6.45, 7) is 13.5. The molecule has 2 heterocycles. The summed E-state index contributed by atoms with van der Waals surface area (Å²) in [7, 11) is 0. The van der Waals surface area contributed by atoms with Gasteiger partial charge in [0.15, 0.2) is 0 Å². The zero-order valence-corrected chi connectivity index (χ0v) is 20.2. The molecule has 0 radical (unpaired) electrons. The largest absolute Gasteiger partial charge is 0.368 e. The summed E-state index contributed by atoms with van der Waals surface area (Å²) in [6, 6.07) is 8.16. The molecule has 176 valence electrons. The van der Waals surface area contributed by atoms with E-state index in [0.717, 1.165) is 42.9 Å². The quantitative estimate of drug-likeness (QED) is 0.555. The second kappa shape index (κ2) is 11.6. The molecule has 0 spiro atoms. The summed E-state index contributed by atoms with van der Waals surface area (Å²) in [4.78, 5) is 26.7. The van der Waals surface area contributed by atoms with E-state index in [9.17, 15) is 4.79 Å². The second-order valence-corrected chi connectivity index (χ2v) is 9.29. The van der Waals surface area contributed by atoms with Crippen molar-refractivity contribution in [2.45, 2.75) is 72.0 Å². The maximum Gasteiger partial charge on any atom is 0.240 e. The Morgan fingerprint density at radius 2 is 1.84 bits per heavy atom. The second-order valence-electron chi connectivity index (χ2n) is 9.29. The number of fused-ring (bicyclic) bond motifs is 1. The monoisotopic (exact) mass is 440 g/mol. The normalized spacial score (nSPS) is 17.5. The molecule has 32 heavy (non-hydrogen) atoms. The summed E-state index contributed by atoms with van der Waals surface area (Å²) in [5, 5.41) is 4.21. The van der Waals surface area contributed by atoms with E-state index in [2.05, 4.69) is 29.0 Å². The number of nitrogens with zero attached hydrogens (tertiary/aromatic N) is 4. The van der Waals surface area contributed by atoms with Crippen LogP contribution < -0.4 is 11.1 Å². The Morgan fingerprint density at radius 1 is 1.12 bits per heavy atom. The van der Waals surface area contributed by atoms with Gasteiger partial charge in [-0.1, -0.05) is 52.7 Å². The number of anilines is 1. The lowest BCUT2D eigenvalue weighted by atomic mass is 10.0. The van der Waals surface area contributed by atoms with Crippen molar-refractivity contribution in [2.24, 2.45) is 11.7 Å². The average molecular weight is 441 g/mol. The number of rotatable bonds is 11. The molecule has 1 fully saturated rings. The predicted molar refractivity (Wildman–Crippen MR) is 131 cm³/mol. The molecule has 1 aromatic carbocycles. The van der Waals surface area contributed by atoms with Crippen molar-refractivity contribution in [3.63, 3.8) is 0 Å². The van der Waals surface area contributed by atoms with Gasteiger partial charge < -0.3 is 11.1 Å². The molecular formula is C25H40N6O. The highest BCUT2D eigenvalue weighted by Crippen LogP contribution is 2.23. The third kappa shape index (κ3) is 6.17. The van der Waals surface area contributed by atoms with Gasteiger partial charge >= 0.3 is 0 Å². The van der Waals surface area contributed by atoms with Gasteiger partial charge in [-0.25, -0.2) is 9.97 Å². The molecule has 1 aliphatic heterocycles. The fourth-order valence-electron chi connectivity index (χ4n) is 4.59. The van der Waals surface area contributed by atoms with Crippen LogP contribution in [-0.4, -0.2) is 63.9 Å². The van der Waals surface area contributed by atoms with Crippen LogP contribution in [0.5, 0.6) is 0 Å². The molecule has 2 atom stereocenters. The van der Waals surface area contributed by atoms with Crippen LogP contribution in [-0.2, 0) is 11.3 Å². The topological polar surface area (TPSA) is 87.4 Å². The summed E-state index contributed by atoms with van der Waals surface area (Å²) in [6.07, 6.45) is 5.09. The van der Waals surface area contributed by atoms with E-state index in [1.54, 1.807) is 0 Å². The van der Waals surface area contributed by atoms with Crippen LogP contribution in [0.25, 0.3) is 10.9 Å². The van der Waals surface area contributed by atoms with Crippen LogP contribution in [0.4, 0.5) is 5.82 Å². The van der Waals surface area contributed by atoms with Gasteiger partial charge in [0.25, 0.3) is 0 Å². The van der Waals surface area contributed by atoms with Gasteiger partial charge in [-0.3, -0.25) is 14.6 Å². The molecule has 3 N–H and O–H groups in total. The number of carbonyl (C=O) groups is 1. The zero-order chi connectivity index (χ0) is 23.1. The Hall–Kier alpha value is -2.25. The summed E-state index contributed by atoms with van der Waals surface area (Å²) in [5.74, 6) is 1.17. The van der Waals surface area contributed by atoms with Crippen molar-refractivity contribution in [3.8, 4) is 0 Å². The van der Waals surface area contributed by atoms with Crippen molar-refractivity contribution < 1.29 is 4.79 Å². The van der Waals surface area contributed by atoms with Crippen LogP contribution in [0.15, 0.2) is 24.3 Å². The molecule has 3 rings (SSSR count). The number of nitrogens with one attached hydrogen (secondary N) is 1. The molecule has 1 saturated heterocycles. The van der Waals surface area contributed by atoms with Gasteiger partial charge in [-0.15, -0.1) is 0 Å². The van der Waals surface area contributed by atoms with Crippen molar-refractivity contribution in [1.29, 1.82) is 0 Å². The van der Waals surface area contributed by atoms with E-state index in [0.29, 0.717) is 18.4 Å². The Bertz CT molecular complexity index is 878. The lowest BCUT2D eigenvalue weighted by molar-refractivity contribution is -0.119. The molecule has 1 unspecified atom stereocenters. The molecule has 1 aromatic heterocycles. The van der Waals surface area contributed by atoms with Gasteiger partial charge in [-0.2, -0.15) is 0 Å². The van der Waals surface area contributed by atoms with E-state index >= 15 is 0 Å².